The summed E-state index contributed by atoms with van der Waals surface area (Å²) >= 11 is 1.57. The van der Waals surface area contributed by atoms with Crippen LogP contribution in [0.2, 0.25) is 0 Å². The zero-order valence-electron chi connectivity index (χ0n) is 8.75. The van der Waals surface area contributed by atoms with Crippen molar-refractivity contribution in [2.24, 2.45) is 0 Å². The molecule has 1 N–H and O–H groups in total. The van der Waals surface area contributed by atoms with Gasteiger partial charge in [-0.15, -0.1) is 10.2 Å². The third-order valence-electron chi connectivity index (χ3n) is 1.91. The Bertz CT molecular complexity index is 506. The summed E-state index contributed by atoms with van der Waals surface area (Å²) in [6.07, 6.45) is 0. The van der Waals surface area contributed by atoms with Crippen molar-refractivity contribution in [1.29, 1.82) is 0 Å². The smallest absolute Gasteiger partial charge is 0.246 e. The number of aryl methyl sites for hydroxylation is 1. The fraction of sp³-hybridized carbons (Fsp3) is 0.100. The minimum atomic E-state index is -4.94. The predicted octanol–water partition coefficient (Wildman–Crippen LogP) is -1.56. The normalized spacial score (nSPS) is 10.9. The molecule has 0 unspecified atom stereocenters. The molecule has 0 saturated carbocycles. The molecule has 17 heavy (non-hydrogen) atoms. The van der Waals surface area contributed by atoms with Gasteiger partial charge in [0, 0.05) is 17.7 Å². The van der Waals surface area contributed by atoms with Gasteiger partial charge in [0.1, 0.15) is 0 Å². The molecule has 1 aromatic carbocycles. The van der Waals surface area contributed by atoms with Crippen molar-refractivity contribution in [3.8, 4) is 5.75 Å². The maximum Gasteiger partial charge on any atom is 0.246 e. The van der Waals surface area contributed by atoms with Crippen LogP contribution in [0.15, 0.2) is 29.6 Å². The second kappa shape index (κ2) is 5.54. The number of hydrogen-bond acceptors (Lipinski definition) is 5. The van der Waals surface area contributed by atoms with Crippen molar-refractivity contribution in [2.75, 3.05) is 0 Å². The molecule has 0 bridgehead atoms. The quantitative estimate of drug-likeness (QED) is 0.585. The Labute approximate surface area is 104 Å². The van der Waals surface area contributed by atoms with E-state index >= 15 is 0 Å². The van der Waals surface area contributed by atoms with Crippen LogP contribution in [0, 0.1) is 17.2 Å². The number of hydrogen-bond donors (Lipinski definition) is 1. The Hall–Kier alpha value is -1.02. The van der Waals surface area contributed by atoms with Gasteiger partial charge in [-0.3, -0.25) is 0 Å². The molecule has 1 heterocycles. The fourth-order valence-corrected chi connectivity index (χ4v) is 1.94. The van der Waals surface area contributed by atoms with Crippen LogP contribution >= 0.6 is 11.3 Å². The van der Waals surface area contributed by atoms with E-state index in [1.54, 1.807) is 11.3 Å². The van der Waals surface area contributed by atoms with Gasteiger partial charge in [-0.2, -0.15) is 0 Å². The Balaban J connectivity index is 0.000000249. The summed E-state index contributed by atoms with van der Waals surface area (Å²) in [5.41, 5.74) is 0. The summed E-state index contributed by atoms with van der Waals surface area (Å²) < 4.78 is 34.0. The largest absolute Gasteiger partial charge is 0.503 e. The molecule has 7 heteroatoms. The molecule has 0 atom stereocenters. The van der Waals surface area contributed by atoms with Gasteiger partial charge in [0.2, 0.25) is 21.6 Å². The topological polar surface area (TPSA) is 112 Å². The molecule has 92 valence electrons. The third-order valence-corrected chi connectivity index (χ3v) is 2.83. The Morgan fingerprint density at radius 3 is 2.24 bits per heavy atom. The van der Waals surface area contributed by atoms with E-state index in [2.05, 4.69) is 5.38 Å². The number of aromatic hydroxyl groups is 1. The second-order valence-electron chi connectivity index (χ2n) is 3.11. The van der Waals surface area contributed by atoms with Gasteiger partial charge in [-0.25, -0.2) is 18.6 Å². The average Bonchev–Trinajstić information content (AvgIpc) is 2.22. The van der Waals surface area contributed by atoms with E-state index in [-0.39, 0.29) is 0 Å². The lowest BCUT2D eigenvalue weighted by Gasteiger charge is -2.17. The van der Waals surface area contributed by atoms with Crippen LogP contribution in [0.4, 0.5) is 0 Å². The highest BCUT2D eigenvalue weighted by molar-refractivity contribution is 7.10. The van der Waals surface area contributed by atoms with E-state index in [9.17, 15) is 5.11 Å². The third kappa shape index (κ3) is 4.78. The molecule has 0 radical (unpaired) electrons. The fourth-order valence-electron chi connectivity index (χ4n) is 1.21. The zero-order valence-corrected chi connectivity index (χ0v) is 10.3. The molecule has 0 fully saturated rings. The molecule has 2 aromatic rings. The zero-order chi connectivity index (χ0) is 13.1. The van der Waals surface area contributed by atoms with E-state index in [1.807, 2.05) is 31.2 Å². The summed E-state index contributed by atoms with van der Waals surface area (Å²) in [5, 5.41) is 13.8. The van der Waals surface area contributed by atoms with E-state index in [1.165, 1.54) is 0 Å². The highest BCUT2D eigenvalue weighted by Crippen LogP contribution is 2.30. The number of fused-ring (bicyclic) bond motifs is 1. The number of rotatable bonds is 0. The molecule has 0 saturated heterocycles. The highest BCUT2D eigenvalue weighted by atomic mass is 35.7. The Morgan fingerprint density at radius 2 is 1.65 bits per heavy atom. The summed E-state index contributed by atoms with van der Waals surface area (Å²) in [7, 11) is -4.94. The first-order valence-corrected chi connectivity index (χ1v) is 6.51. The standard InChI is InChI=1S/C10H8OS.ClHO4/c1-7-10(11)9-5-3-2-4-8(9)6-12-7;2-1(3,4)5/h2-6H,1H3;(H,2,3,4,5). The number of halogens is 1. The lowest BCUT2D eigenvalue weighted by atomic mass is 10.2. The SMILES string of the molecule is Cc1[s+]cc2ccccc2c1O.[O-][Cl+3]([O-])([O-])[O-]. The molecule has 1 aromatic heterocycles. The minimum absolute atomic E-state index is 0.415. The van der Waals surface area contributed by atoms with E-state index < -0.39 is 10.2 Å². The van der Waals surface area contributed by atoms with Crippen molar-refractivity contribution in [3.05, 3.63) is 34.5 Å². The van der Waals surface area contributed by atoms with Crippen molar-refractivity contribution in [3.63, 3.8) is 0 Å². The van der Waals surface area contributed by atoms with Crippen LogP contribution in [0.3, 0.4) is 0 Å². The van der Waals surface area contributed by atoms with E-state index in [0.29, 0.717) is 5.75 Å². The highest BCUT2D eigenvalue weighted by Gasteiger charge is 2.10. The van der Waals surface area contributed by atoms with Crippen LogP contribution < -0.4 is 18.6 Å². The van der Waals surface area contributed by atoms with Gasteiger partial charge >= 0.3 is 0 Å². The van der Waals surface area contributed by atoms with Crippen molar-refractivity contribution < 1.29 is 34.0 Å². The number of benzene rings is 1. The molecule has 0 aliphatic carbocycles. The molecule has 0 spiro atoms. The first-order chi connectivity index (χ1) is 7.79. The van der Waals surface area contributed by atoms with Gasteiger partial charge in [-0.1, -0.05) is 18.2 Å². The van der Waals surface area contributed by atoms with Gasteiger partial charge in [0.15, 0.2) is 5.75 Å². The van der Waals surface area contributed by atoms with E-state index in [0.717, 1.165) is 15.6 Å². The minimum Gasteiger partial charge on any atom is -0.503 e. The van der Waals surface area contributed by atoms with Crippen molar-refractivity contribution in [2.45, 2.75) is 6.92 Å². The molecule has 0 aliphatic rings. The van der Waals surface area contributed by atoms with Crippen LogP contribution in [0.25, 0.3) is 10.8 Å². The second-order valence-corrected chi connectivity index (χ2v) is 4.95. The van der Waals surface area contributed by atoms with Crippen LogP contribution in [-0.4, -0.2) is 5.11 Å². The predicted molar refractivity (Wildman–Crippen MR) is 52.6 cm³/mol. The first kappa shape index (κ1) is 14.0. The summed E-state index contributed by atoms with van der Waals surface area (Å²) in [6.45, 7) is 1.92. The van der Waals surface area contributed by atoms with Crippen LogP contribution in [-0.2, 0) is 0 Å². The van der Waals surface area contributed by atoms with Crippen molar-refractivity contribution >= 4 is 22.1 Å². The summed E-state index contributed by atoms with van der Waals surface area (Å²) in [5.74, 6) is 0.415. The Kier molecular flexibility index (Phi) is 4.58. The van der Waals surface area contributed by atoms with Gasteiger partial charge < -0.3 is 5.11 Å². The first-order valence-electron chi connectivity index (χ1n) is 4.40. The lowest BCUT2D eigenvalue weighted by Crippen LogP contribution is -2.68. The maximum absolute atomic E-state index is 9.67. The summed E-state index contributed by atoms with van der Waals surface area (Å²) in [4.78, 5) is 0.966. The average molecular weight is 277 g/mol. The van der Waals surface area contributed by atoms with Crippen LogP contribution in [0.1, 0.15) is 4.88 Å². The molecule has 0 amide bonds. The van der Waals surface area contributed by atoms with E-state index in [4.69, 9.17) is 18.6 Å². The lowest BCUT2D eigenvalue weighted by molar-refractivity contribution is -2.00. The van der Waals surface area contributed by atoms with Crippen LogP contribution in [0.5, 0.6) is 5.75 Å². The van der Waals surface area contributed by atoms with Gasteiger partial charge in [0.25, 0.3) is 0 Å². The molecular weight excluding hydrogens is 268 g/mol. The molecular formula is C10H9ClO5S. The molecule has 5 nitrogen and oxygen atoms in total. The summed E-state index contributed by atoms with van der Waals surface area (Å²) in [6, 6.07) is 7.85. The van der Waals surface area contributed by atoms with Gasteiger partial charge in [-0.05, 0) is 6.07 Å². The molecule has 2 rings (SSSR count). The van der Waals surface area contributed by atoms with Crippen molar-refractivity contribution in [1.82, 2.24) is 0 Å². The molecule has 0 aliphatic heterocycles. The van der Waals surface area contributed by atoms with Gasteiger partial charge in [0.05, 0.1) is 0 Å². The maximum atomic E-state index is 9.67. The Morgan fingerprint density at radius 1 is 1.12 bits per heavy atom. The monoisotopic (exact) mass is 276 g/mol.